The number of hydrogen-bond donors (Lipinski definition) is 0. The van der Waals surface area contributed by atoms with Crippen molar-refractivity contribution >= 4 is 21.6 Å². The van der Waals surface area contributed by atoms with Crippen LogP contribution in [-0.4, -0.2) is 46.0 Å². The lowest BCUT2D eigenvalue weighted by atomic mass is 10.3. The monoisotopic (exact) mass is 392 g/mol. The molecule has 0 N–H and O–H groups in total. The van der Waals surface area contributed by atoms with Gasteiger partial charge in [0.15, 0.2) is 0 Å². The molecule has 2 aromatic carbocycles. The zero-order chi connectivity index (χ0) is 19.4. The molecule has 1 heterocycles. The van der Waals surface area contributed by atoms with Crippen molar-refractivity contribution in [2.24, 2.45) is 0 Å². The van der Waals surface area contributed by atoms with E-state index in [9.17, 15) is 17.6 Å². The van der Waals surface area contributed by atoms with Gasteiger partial charge in [-0.05, 0) is 49.2 Å². The fourth-order valence-corrected chi connectivity index (χ4v) is 4.48. The highest BCUT2D eigenvalue weighted by Gasteiger charge is 2.31. The smallest absolute Gasteiger partial charge is 0.264 e. The molecule has 3 rings (SSSR count). The van der Waals surface area contributed by atoms with Gasteiger partial charge in [0.25, 0.3) is 10.0 Å². The van der Waals surface area contributed by atoms with Crippen molar-refractivity contribution in [2.45, 2.75) is 17.7 Å². The second-order valence-electron chi connectivity index (χ2n) is 6.23. The number of sulfonamides is 1. The predicted molar refractivity (Wildman–Crippen MR) is 99.7 cm³/mol. The van der Waals surface area contributed by atoms with Gasteiger partial charge in [-0.25, -0.2) is 12.8 Å². The number of anilines is 1. The Kier molecular flexibility index (Phi) is 5.65. The van der Waals surface area contributed by atoms with Gasteiger partial charge in [-0.2, -0.15) is 0 Å². The summed E-state index contributed by atoms with van der Waals surface area (Å²) in [4.78, 5) is 14.2. The second-order valence-corrected chi connectivity index (χ2v) is 8.09. The maximum Gasteiger partial charge on any atom is 0.264 e. The van der Waals surface area contributed by atoms with Crippen molar-refractivity contribution in [1.82, 2.24) is 4.90 Å². The lowest BCUT2D eigenvalue weighted by Gasteiger charge is -2.27. The second kappa shape index (κ2) is 7.96. The molecule has 0 bridgehead atoms. The third-order valence-electron chi connectivity index (χ3n) is 4.49. The van der Waals surface area contributed by atoms with Crippen molar-refractivity contribution < 1.29 is 22.3 Å². The van der Waals surface area contributed by atoms with Crippen molar-refractivity contribution in [2.75, 3.05) is 31.0 Å². The van der Waals surface area contributed by atoms with Gasteiger partial charge >= 0.3 is 0 Å². The third kappa shape index (κ3) is 4.05. The van der Waals surface area contributed by atoms with E-state index < -0.39 is 15.8 Å². The summed E-state index contributed by atoms with van der Waals surface area (Å²) in [7, 11) is -2.65. The number of methoxy groups -OCH3 is 1. The molecule has 0 spiro atoms. The maximum absolute atomic E-state index is 13.2. The van der Waals surface area contributed by atoms with E-state index in [1.54, 1.807) is 29.2 Å². The first-order valence-corrected chi connectivity index (χ1v) is 10.1. The van der Waals surface area contributed by atoms with Crippen LogP contribution in [0.1, 0.15) is 12.8 Å². The van der Waals surface area contributed by atoms with Gasteiger partial charge in [0.05, 0.1) is 17.7 Å². The summed E-state index contributed by atoms with van der Waals surface area (Å²) < 4.78 is 46.0. The Balaban J connectivity index is 2.03. The minimum atomic E-state index is -4.09. The number of benzene rings is 2. The summed E-state index contributed by atoms with van der Waals surface area (Å²) in [5, 5.41) is 0. The van der Waals surface area contributed by atoms with Gasteiger partial charge in [0.1, 0.15) is 18.1 Å². The molecule has 1 amide bonds. The van der Waals surface area contributed by atoms with Crippen molar-refractivity contribution in [3.05, 3.63) is 54.3 Å². The number of amides is 1. The molecule has 0 saturated carbocycles. The van der Waals surface area contributed by atoms with Crippen molar-refractivity contribution in [3.8, 4) is 5.75 Å². The topological polar surface area (TPSA) is 66.9 Å². The van der Waals surface area contributed by atoms with Crippen LogP contribution in [0, 0.1) is 5.82 Å². The molecule has 1 aliphatic heterocycles. The number of carbonyl (C=O) groups is 1. The molecule has 0 aliphatic carbocycles. The lowest BCUT2D eigenvalue weighted by Crippen LogP contribution is -2.42. The molecular formula is C19H21FN2O4S. The van der Waals surface area contributed by atoms with E-state index in [1.807, 2.05) is 0 Å². The van der Waals surface area contributed by atoms with Crippen LogP contribution in [0.3, 0.4) is 0 Å². The molecule has 0 unspecified atom stereocenters. The van der Waals surface area contributed by atoms with Gasteiger partial charge < -0.3 is 9.64 Å². The molecular weight excluding hydrogens is 371 g/mol. The summed E-state index contributed by atoms with van der Waals surface area (Å²) in [5.74, 6) is -0.479. The van der Waals surface area contributed by atoms with E-state index in [4.69, 9.17) is 4.74 Å². The molecule has 0 atom stereocenters. The number of rotatable bonds is 6. The maximum atomic E-state index is 13.2. The summed E-state index contributed by atoms with van der Waals surface area (Å²) >= 11 is 0. The first kappa shape index (κ1) is 19.2. The first-order chi connectivity index (χ1) is 12.9. The highest BCUT2D eigenvalue weighted by Crippen LogP contribution is 2.32. The minimum absolute atomic E-state index is 0.0935. The average molecular weight is 392 g/mol. The van der Waals surface area contributed by atoms with Gasteiger partial charge in [-0.1, -0.05) is 12.1 Å². The predicted octanol–water partition coefficient (Wildman–Crippen LogP) is 2.65. The number of nitrogens with zero attached hydrogens (tertiary/aromatic N) is 2. The largest absolute Gasteiger partial charge is 0.495 e. The zero-order valence-corrected chi connectivity index (χ0v) is 15.8. The van der Waals surface area contributed by atoms with E-state index in [0.717, 1.165) is 29.3 Å². The Morgan fingerprint density at radius 3 is 2.37 bits per heavy atom. The summed E-state index contributed by atoms with van der Waals surface area (Å²) in [6, 6.07) is 11.1. The SMILES string of the molecule is COc1ccccc1N(CC(=O)N1CCCC1)S(=O)(=O)c1ccc(F)cc1. The van der Waals surface area contributed by atoms with Crippen LogP contribution in [0.2, 0.25) is 0 Å². The normalized spacial score (nSPS) is 14.2. The van der Waals surface area contributed by atoms with Crippen LogP contribution in [0.25, 0.3) is 0 Å². The molecule has 1 aliphatic rings. The number of para-hydroxylation sites is 2. The molecule has 1 fully saturated rings. The van der Waals surface area contributed by atoms with Crippen LogP contribution in [0.5, 0.6) is 5.75 Å². The summed E-state index contributed by atoms with van der Waals surface area (Å²) in [6.45, 7) is 0.893. The molecule has 0 aromatic heterocycles. The van der Waals surface area contributed by atoms with Gasteiger partial charge in [-0.3, -0.25) is 9.10 Å². The zero-order valence-electron chi connectivity index (χ0n) is 15.0. The molecule has 8 heteroatoms. The lowest BCUT2D eigenvalue weighted by molar-refractivity contribution is -0.128. The standard InChI is InChI=1S/C19H21FN2O4S/c1-26-18-7-3-2-6-17(18)22(14-19(23)21-12-4-5-13-21)27(24,25)16-10-8-15(20)9-11-16/h2-3,6-11H,4-5,12-14H2,1H3. The van der Waals surface area contributed by atoms with Crippen molar-refractivity contribution in [1.29, 1.82) is 0 Å². The summed E-state index contributed by atoms with van der Waals surface area (Å²) in [5.41, 5.74) is 0.261. The quantitative estimate of drug-likeness (QED) is 0.758. The Morgan fingerprint density at radius 1 is 1.11 bits per heavy atom. The Morgan fingerprint density at radius 2 is 1.74 bits per heavy atom. The van der Waals surface area contributed by atoms with Crippen LogP contribution in [-0.2, 0) is 14.8 Å². The highest BCUT2D eigenvalue weighted by atomic mass is 32.2. The highest BCUT2D eigenvalue weighted by molar-refractivity contribution is 7.92. The van der Waals surface area contributed by atoms with E-state index in [0.29, 0.717) is 18.8 Å². The van der Waals surface area contributed by atoms with E-state index in [2.05, 4.69) is 0 Å². The van der Waals surface area contributed by atoms with E-state index in [1.165, 1.54) is 19.2 Å². The number of halogens is 1. The molecule has 144 valence electrons. The number of carbonyl (C=O) groups excluding carboxylic acids is 1. The molecule has 0 radical (unpaired) electrons. The fourth-order valence-electron chi connectivity index (χ4n) is 3.06. The molecule has 6 nitrogen and oxygen atoms in total. The van der Waals surface area contributed by atoms with E-state index in [-0.39, 0.29) is 23.0 Å². The molecule has 2 aromatic rings. The van der Waals surface area contributed by atoms with Crippen LogP contribution >= 0.6 is 0 Å². The minimum Gasteiger partial charge on any atom is -0.495 e. The van der Waals surface area contributed by atoms with E-state index >= 15 is 0 Å². The van der Waals surface area contributed by atoms with Gasteiger partial charge in [0.2, 0.25) is 5.91 Å². The van der Waals surface area contributed by atoms with Crippen LogP contribution in [0.4, 0.5) is 10.1 Å². The van der Waals surface area contributed by atoms with Crippen LogP contribution < -0.4 is 9.04 Å². The molecule has 27 heavy (non-hydrogen) atoms. The number of hydrogen-bond acceptors (Lipinski definition) is 4. The van der Waals surface area contributed by atoms with Crippen molar-refractivity contribution in [3.63, 3.8) is 0 Å². The fraction of sp³-hybridized carbons (Fsp3) is 0.316. The Labute approximate surface area is 158 Å². The average Bonchev–Trinajstić information content (AvgIpc) is 3.21. The first-order valence-electron chi connectivity index (χ1n) is 8.62. The number of likely N-dealkylation sites (tertiary alicyclic amines) is 1. The Hall–Kier alpha value is -2.61. The third-order valence-corrected chi connectivity index (χ3v) is 6.27. The summed E-state index contributed by atoms with van der Waals surface area (Å²) in [6.07, 6.45) is 1.82. The number of ether oxygens (including phenoxy) is 1. The van der Waals surface area contributed by atoms with Gasteiger partial charge in [0, 0.05) is 13.1 Å². The Bertz CT molecular complexity index is 910. The van der Waals surface area contributed by atoms with Crippen LogP contribution in [0.15, 0.2) is 53.4 Å². The molecule has 1 saturated heterocycles. The van der Waals surface area contributed by atoms with Gasteiger partial charge in [-0.15, -0.1) is 0 Å².